The Balaban J connectivity index is 3.05. The summed E-state index contributed by atoms with van der Waals surface area (Å²) in [4.78, 5) is 15.1. The monoisotopic (exact) mass is 163 g/mol. The fourth-order valence-electron chi connectivity index (χ4n) is 0.474. The Labute approximate surface area is 65.5 Å². The second kappa shape index (κ2) is 6.89. The minimum Gasteiger partial charge on any atom is -0.277 e. The molecule has 0 atom stereocenters. The maximum atomic E-state index is 10.7. The van der Waals surface area contributed by atoms with Crippen LogP contribution in [0.5, 0.6) is 0 Å². The molecule has 0 aliphatic carbocycles. The van der Waals surface area contributed by atoms with Gasteiger partial charge in [-0.2, -0.15) is 11.8 Å². The van der Waals surface area contributed by atoms with Gasteiger partial charge in [-0.05, 0) is 5.75 Å². The number of carbonyl (C=O) groups excluding carboxylic acids is 1. The Bertz CT molecular complexity index is 97.7. The van der Waals surface area contributed by atoms with E-state index in [0.29, 0.717) is 6.42 Å². The van der Waals surface area contributed by atoms with E-state index in [1.165, 1.54) is 7.11 Å². The van der Waals surface area contributed by atoms with E-state index < -0.39 is 0 Å². The Kier molecular flexibility index (Phi) is 6.74. The Morgan fingerprint density at radius 1 is 1.70 bits per heavy atom. The van der Waals surface area contributed by atoms with Gasteiger partial charge >= 0.3 is 0 Å². The second-order valence-electron chi connectivity index (χ2n) is 1.68. The Hall–Kier alpha value is -0.220. The van der Waals surface area contributed by atoms with E-state index in [2.05, 4.69) is 17.2 Å². The lowest BCUT2D eigenvalue weighted by atomic mass is 10.5. The highest BCUT2D eigenvalue weighted by Gasteiger charge is 1.97. The average Bonchev–Trinajstić information content (AvgIpc) is 1.89. The van der Waals surface area contributed by atoms with Gasteiger partial charge in [-0.15, -0.1) is 0 Å². The van der Waals surface area contributed by atoms with Crippen molar-refractivity contribution in [1.82, 2.24) is 5.48 Å². The zero-order valence-corrected chi connectivity index (χ0v) is 7.16. The molecule has 0 aromatic carbocycles. The van der Waals surface area contributed by atoms with E-state index in [9.17, 15) is 4.79 Å². The zero-order chi connectivity index (χ0) is 7.82. The molecular formula is C6H13NO2S. The largest absolute Gasteiger partial charge is 0.277 e. The Morgan fingerprint density at radius 2 is 2.40 bits per heavy atom. The van der Waals surface area contributed by atoms with Gasteiger partial charge in [-0.3, -0.25) is 9.63 Å². The molecular weight excluding hydrogens is 150 g/mol. The lowest BCUT2D eigenvalue weighted by Gasteiger charge is -1.99. The summed E-state index contributed by atoms with van der Waals surface area (Å²) in [6, 6.07) is 0. The van der Waals surface area contributed by atoms with Gasteiger partial charge in [-0.25, -0.2) is 5.48 Å². The summed E-state index contributed by atoms with van der Waals surface area (Å²) in [7, 11) is 1.44. The summed E-state index contributed by atoms with van der Waals surface area (Å²) in [5.41, 5.74) is 2.25. The predicted molar refractivity (Wildman–Crippen MR) is 42.8 cm³/mol. The zero-order valence-electron chi connectivity index (χ0n) is 6.35. The molecule has 0 radical (unpaired) electrons. The van der Waals surface area contributed by atoms with E-state index in [1.54, 1.807) is 11.8 Å². The van der Waals surface area contributed by atoms with Crippen LogP contribution >= 0.6 is 11.8 Å². The summed E-state index contributed by atoms with van der Waals surface area (Å²) in [5, 5.41) is 0. The number of hydrogen-bond donors (Lipinski definition) is 1. The van der Waals surface area contributed by atoms with Crippen LogP contribution in [0.1, 0.15) is 13.3 Å². The maximum Gasteiger partial charge on any atom is 0.244 e. The third-order valence-electron chi connectivity index (χ3n) is 0.893. The normalized spacial score (nSPS) is 9.40. The molecule has 0 aliphatic heterocycles. The molecule has 0 fully saturated rings. The molecule has 10 heavy (non-hydrogen) atoms. The third kappa shape index (κ3) is 5.91. The van der Waals surface area contributed by atoms with Gasteiger partial charge in [0.25, 0.3) is 0 Å². The van der Waals surface area contributed by atoms with E-state index in [1.807, 2.05) is 0 Å². The van der Waals surface area contributed by atoms with Gasteiger partial charge in [0, 0.05) is 12.2 Å². The molecule has 0 aromatic rings. The lowest BCUT2D eigenvalue weighted by Crippen LogP contribution is -2.21. The van der Waals surface area contributed by atoms with E-state index >= 15 is 0 Å². The van der Waals surface area contributed by atoms with E-state index in [4.69, 9.17) is 0 Å². The lowest BCUT2D eigenvalue weighted by molar-refractivity contribution is -0.130. The van der Waals surface area contributed by atoms with Crippen LogP contribution in [0.4, 0.5) is 0 Å². The first-order chi connectivity index (χ1) is 4.81. The van der Waals surface area contributed by atoms with Gasteiger partial charge in [-0.1, -0.05) is 6.92 Å². The minimum atomic E-state index is -0.0524. The second-order valence-corrected chi connectivity index (χ2v) is 3.07. The molecule has 0 spiro atoms. The highest BCUT2D eigenvalue weighted by atomic mass is 32.2. The summed E-state index contributed by atoms with van der Waals surface area (Å²) in [6.07, 6.45) is 0.534. The van der Waals surface area contributed by atoms with E-state index in [0.717, 1.165) is 11.5 Å². The molecule has 0 saturated carbocycles. The SMILES string of the molecule is CCSCCC(=O)NOC. The molecule has 0 unspecified atom stereocenters. The number of thioether (sulfide) groups is 1. The molecule has 0 rings (SSSR count). The summed E-state index contributed by atoms with van der Waals surface area (Å²) in [5.74, 6) is 1.87. The van der Waals surface area contributed by atoms with Crippen LogP contribution in [0.25, 0.3) is 0 Å². The van der Waals surface area contributed by atoms with Gasteiger partial charge < -0.3 is 0 Å². The molecule has 4 heteroatoms. The highest BCUT2D eigenvalue weighted by Crippen LogP contribution is 1.99. The smallest absolute Gasteiger partial charge is 0.244 e. The fourth-order valence-corrected chi connectivity index (χ4v) is 1.09. The first-order valence-electron chi connectivity index (χ1n) is 3.20. The van der Waals surface area contributed by atoms with E-state index in [-0.39, 0.29) is 5.91 Å². The third-order valence-corrected chi connectivity index (χ3v) is 1.79. The molecule has 60 valence electrons. The average molecular weight is 163 g/mol. The van der Waals surface area contributed by atoms with Crippen LogP contribution in [0.3, 0.4) is 0 Å². The molecule has 3 nitrogen and oxygen atoms in total. The number of hydroxylamine groups is 1. The molecule has 1 amide bonds. The molecule has 0 saturated heterocycles. The first kappa shape index (κ1) is 9.78. The van der Waals surface area contributed by atoms with Crippen molar-refractivity contribution in [3.63, 3.8) is 0 Å². The van der Waals surface area contributed by atoms with Crippen LogP contribution in [-0.2, 0) is 9.63 Å². The number of amides is 1. The van der Waals surface area contributed by atoms with Crippen LogP contribution < -0.4 is 5.48 Å². The van der Waals surface area contributed by atoms with Crippen LogP contribution in [0.2, 0.25) is 0 Å². The van der Waals surface area contributed by atoms with Crippen molar-refractivity contribution in [3.8, 4) is 0 Å². The van der Waals surface area contributed by atoms with Crippen molar-refractivity contribution in [1.29, 1.82) is 0 Å². The van der Waals surface area contributed by atoms with Crippen LogP contribution in [-0.4, -0.2) is 24.5 Å². The topological polar surface area (TPSA) is 38.3 Å². The van der Waals surface area contributed by atoms with Crippen molar-refractivity contribution in [2.24, 2.45) is 0 Å². The van der Waals surface area contributed by atoms with Crippen molar-refractivity contribution < 1.29 is 9.63 Å². The van der Waals surface area contributed by atoms with Gasteiger partial charge in [0.15, 0.2) is 0 Å². The summed E-state index contributed by atoms with van der Waals surface area (Å²) < 4.78 is 0. The highest BCUT2D eigenvalue weighted by molar-refractivity contribution is 7.99. The fraction of sp³-hybridized carbons (Fsp3) is 0.833. The minimum absolute atomic E-state index is 0.0524. The molecule has 0 aromatic heterocycles. The van der Waals surface area contributed by atoms with Crippen molar-refractivity contribution in [3.05, 3.63) is 0 Å². The molecule has 1 N–H and O–H groups in total. The summed E-state index contributed by atoms with van der Waals surface area (Å²) >= 11 is 1.75. The van der Waals surface area contributed by atoms with Crippen molar-refractivity contribution in [2.75, 3.05) is 18.6 Å². The van der Waals surface area contributed by atoms with Crippen LogP contribution in [0, 0.1) is 0 Å². The van der Waals surface area contributed by atoms with Crippen LogP contribution in [0.15, 0.2) is 0 Å². The number of nitrogens with one attached hydrogen (secondary N) is 1. The van der Waals surface area contributed by atoms with Crippen molar-refractivity contribution in [2.45, 2.75) is 13.3 Å². The predicted octanol–water partition coefficient (Wildman–Crippen LogP) is 0.807. The molecule has 0 heterocycles. The van der Waals surface area contributed by atoms with Crippen molar-refractivity contribution >= 4 is 17.7 Å². The molecule has 0 bridgehead atoms. The number of carbonyl (C=O) groups is 1. The van der Waals surface area contributed by atoms with Gasteiger partial charge in [0.05, 0.1) is 7.11 Å². The summed E-state index contributed by atoms with van der Waals surface area (Å²) in [6.45, 7) is 2.07. The number of hydrogen-bond acceptors (Lipinski definition) is 3. The quantitative estimate of drug-likeness (QED) is 0.481. The Morgan fingerprint density at radius 3 is 2.90 bits per heavy atom. The van der Waals surface area contributed by atoms with Gasteiger partial charge in [0.1, 0.15) is 0 Å². The number of rotatable bonds is 5. The first-order valence-corrected chi connectivity index (χ1v) is 4.36. The standard InChI is InChI=1S/C6H13NO2S/c1-3-10-5-4-6(8)7-9-2/h3-5H2,1-2H3,(H,7,8). The molecule has 0 aliphatic rings. The maximum absolute atomic E-state index is 10.7. The van der Waals surface area contributed by atoms with Gasteiger partial charge in [0.2, 0.25) is 5.91 Å².